The third-order valence-electron chi connectivity index (χ3n) is 3.46. The lowest BCUT2D eigenvalue weighted by molar-refractivity contribution is -0.117. The third-order valence-corrected chi connectivity index (χ3v) is 3.75. The van der Waals surface area contributed by atoms with Gasteiger partial charge in [0.2, 0.25) is 5.91 Å². The van der Waals surface area contributed by atoms with Gasteiger partial charge in [-0.25, -0.2) is 4.79 Å². The van der Waals surface area contributed by atoms with E-state index in [1.54, 1.807) is 23.1 Å². The normalized spacial score (nSPS) is 18.8. The molecule has 1 N–H and O–H groups in total. The van der Waals surface area contributed by atoms with E-state index in [0.29, 0.717) is 13.0 Å². The fraction of sp³-hybridized carbons (Fsp3) is 0.200. The van der Waals surface area contributed by atoms with E-state index < -0.39 is 5.97 Å². The molecule has 0 bridgehead atoms. The Hall–Kier alpha value is -2.07. The highest BCUT2D eigenvalue weighted by Gasteiger charge is 2.29. The molecule has 1 aliphatic rings. The summed E-state index contributed by atoms with van der Waals surface area (Å²) in [4.78, 5) is 24.4. The molecule has 3 rings (SSSR count). The van der Waals surface area contributed by atoms with Crippen LogP contribution in [0.1, 0.15) is 16.8 Å². The van der Waals surface area contributed by atoms with Crippen LogP contribution in [-0.4, -0.2) is 28.9 Å². The van der Waals surface area contributed by atoms with Crippen molar-refractivity contribution in [2.45, 2.75) is 11.8 Å². The Bertz CT molecular complexity index is 713. The molecule has 0 aromatic heterocycles. The number of halogens is 1. The molecule has 1 aliphatic heterocycles. The number of rotatable bonds is 2. The van der Waals surface area contributed by atoms with Crippen LogP contribution in [0.15, 0.2) is 36.4 Å². The second kappa shape index (κ2) is 4.80. The fourth-order valence-corrected chi connectivity index (χ4v) is 2.72. The summed E-state index contributed by atoms with van der Waals surface area (Å²) in [6.07, 6.45) is 0.359. The highest BCUT2D eigenvalue weighted by Crippen LogP contribution is 2.28. The number of hydrogen-bond acceptors (Lipinski definition) is 2. The van der Waals surface area contributed by atoms with Gasteiger partial charge in [-0.2, -0.15) is 0 Å². The first-order chi connectivity index (χ1) is 9.54. The van der Waals surface area contributed by atoms with Gasteiger partial charge in [0.15, 0.2) is 0 Å². The summed E-state index contributed by atoms with van der Waals surface area (Å²) in [5.41, 5.74) is 1.05. The summed E-state index contributed by atoms with van der Waals surface area (Å²) in [5, 5.41) is 10.6. The van der Waals surface area contributed by atoms with Crippen LogP contribution in [0, 0.1) is 0 Å². The van der Waals surface area contributed by atoms with Crippen LogP contribution >= 0.6 is 11.6 Å². The lowest BCUT2D eigenvalue weighted by Gasteiger charge is -2.16. The Morgan fingerprint density at radius 1 is 1.20 bits per heavy atom. The number of benzene rings is 2. The van der Waals surface area contributed by atoms with Gasteiger partial charge in [-0.1, -0.05) is 12.1 Å². The topological polar surface area (TPSA) is 57.6 Å². The Balaban J connectivity index is 2.01. The number of hydrogen-bond donors (Lipinski definition) is 1. The summed E-state index contributed by atoms with van der Waals surface area (Å²) in [6, 6.07) is 10.5. The maximum absolute atomic E-state index is 11.8. The smallest absolute Gasteiger partial charge is 0.335 e. The molecule has 1 amide bonds. The van der Waals surface area contributed by atoms with Gasteiger partial charge >= 0.3 is 5.97 Å². The molecule has 102 valence electrons. The second-order valence-corrected chi connectivity index (χ2v) is 5.47. The molecular formula is C15H12ClNO3. The molecule has 2 aromatic carbocycles. The van der Waals surface area contributed by atoms with Crippen molar-refractivity contribution in [1.82, 2.24) is 0 Å². The first kappa shape index (κ1) is 12.9. The number of amides is 1. The SMILES string of the molecule is O=C(O)c1ccc2cc(N3CC(Cl)CC3=O)ccc2c1. The molecule has 1 unspecified atom stereocenters. The Kier molecular flexibility index (Phi) is 3.10. The number of aromatic carboxylic acids is 1. The number of carboxylic acid groups (broad SMARTS) is 1. The van der Waals surface area contributed by atoms with E-state index >= 15 is 0 Å². The molecule has 1 heterocycles. The molecule has 0 aliphatic carbocycles. The van der Waals surface area contributed by atoms with E-state index in [2.05, 4.69) is 0 Å². The molecule has 4 nitrogen and oxygen atoms in total. The van der Waals surface area contributed by atoms with E-state index in [9.17, 15) is 9.59 Å². The van der Waals surface area contributed by atoms with Crippen molar-refractivity contribution in [1.29, 1.82) is 0 Å². The van der Waals surface area contributed by atoms with Gasteiger partial charge in [0.25, 0.3) is 0 Å². The predicted octanol–water partition coefficient (Wildman–Crippen LogP) is 2.88. The average molecular weight is 290 g/mol. The molecule has 20 heavy (non-hydrogen) atoms. The first-order valence-electron chi connectivity index (χ1n) is 6.26. The molecule has 2 aromatic rings. The second-order valence-electron chi connectivity index (χ2n) is 4.86. The van der Waals surface area contributed by atoms with Crippen molar-refractivity contribution >= 4 is 39.9 Å². The highest BCUT2D eigenvalue weighted by atomic mass is 35.5. The van der Waals surface area contributed by atoms with Crippen LogP contribution in [0.25, 0.3) is 10.8 Å². The van der Waals surface area contributed by atoms with Crippen molar-refractivity contribution < 1.29 is 14.7 Å². The molecule has 0 radical (unpaired) electrons. The van der Waals surface area contributed by atoms with Crippen molar-refractivity contribution in [2.24, 2.45) is 0 Å². The summed E-state index contributed by atoms with van der Waals surface area (Å²) in [5.74, 6) is -0.929. The van der Waals surface area contributed by atoms with Crippen LogP contribution in [0.2, 0.25) is 0 Å². The summed E-state index contributed by atoms with van der Waals surface area (Å²) in [6.45, 7) is 0.513. The summed E-state index contributed by atoms with van der Waals surface area (Å²) < 4.78 is 0. The number of carbonyl (C=O) groups is 2. The molecule has 1 saturated heterocycles. The first-order valence-corrected chi connectivity index (χ1v) is 6.70. The van der Waals surface area contributed by atoms with Gasteiger partial charge in [-0.05, 0) is 35.0 Å². The molecule has 1 fully saturated rings. The van der Waals surface area contributed by atoms with Crippen LogP contribution in [0.5, 0.6) is 0 Å². The van der Waals surface area contributed by atoms with E-state index in [-0.39, 0.29) is 16.8 Å². The average Bonchev–Trinajstić information content (AvgIpc) is 2.76. The monoisotopic (exact) mass is 289 g/mol. The minimum absolute atomic E-state index is 0.0199. The Labute approximate surface area is 120 Å². The maximum Gasteiger partial charge on any atom is 0.335 e. The van der Waals surface area contributed by atoms with E-state index in [4.69, 9.17) is 16.7 Å². The van der Waals surface area contributed by atoms with Crippen LogP contribution in [-0.2, 0) is 4.79 Å². The van der Waals surface area contributed by atoms with Crippen molar-refractivity contribution in [3.05, 3.63) is 42.0 Å². The maximum atomic E-state index is 11.8. The van der Waals surface area contributed by atoms with E-state index in [1.165, 1.54) is 0 Å². The predicted molar refractivity (Wildman–Crippen MR) is 77.5 cm³/mol. The Morgan fingerprint density at radius 3 is 2.55 bits per heavy atom. The molecule has 1 atom stereocenters. The lowest BCUT2D eigenvalue weighted by atomic mass is 10.1. The van der Waals surface area contributed by atoms with E-state index in [1.807, 2.05) is 18.2 Å². The Morgan fingerprint density at radius 2 is 1.90 bits per heavy atom. The van der Waals surface area contributed by atoms with Gasteiger partial charge in [0.1, 0.15) is 0 Å². The number of carbonyl (C=O) groups excluding carboxylic acids is 1. The van der Waals surface area contributed by atoms with E-state index in [0.717, 1.165) is 16.5 Å². The van der Waals surface area contributed by atoms with Crippen molar-refractivity contribution in [3.8, 4) is 0 Å². The number of fused-ring (bicyclic) bond motifs is 1. The number of nitrogens with zero attached hydrogens (tertiary/aromatic N) is 1. The van der Waals surface area contributed by atoms with Gasteiger partial charge in [-0.15, -0.1) is 11.6 Å². The summed E-state index contributed by atoms with van der Waals surface area (Å²) >= 11 is 6.00. The fourth-order valence-electron chi connectivity index (χ4n) is 2.45. The van der Waals surface area contributed by atoms with Gasteiger partial charge in [0, 0.05) is 18.7 Å². The minimum atomic E-state index is -0.948. The molecular weight excluding hydrogens is 278 g/mol. The minimum Gasteiger partial charge on any atom is -0.478 e. The zero-order valence-corrected chi connectivity index (χ0v) is 11.3. The van der Waals surface area contributed by atoms with Gasteiger partial charge < -0.3 is 10.0 Å². The summed E-state index contributed by atoms with van der Waals surface area (Å²) in [7, 11) is 0. The third kappa shape index (κ3) is 2.23. The number of carboxylic acids is 1. The van der Waals surface area contributed by atoms with Gasteiger partial charge in [0.05, 0.1) is 10.9 Å². The largest absolute Gasteiger partial charge is 0.478 e. The molecule has 5 heteroatoms. The van der Waals surface area contributed by atoms with Crippen molar-refractivity contribution in [3.63, 3.8) is 0 Å². The standard InChI is InChI=1S/C15H12ClNO3/c16-12-7-14(18)17(8-12)13-4-3-9-5-11(15(19)20)2-1-10(9)6-13/h1-6,12H,7-8H2,(H,19,20). The van der Waals surface area contributed by atoms with Crippen LogP contribution in [0.3, 0.4) is 0 Å². The number of alkyl halides is 1. The zero-order valence-electron chi connectivity index (χ0n) is 10.5. The number of anilines is 1. The van der Waals surface area contributed by atoms with Crippen LogP contribution in [0.4, 0.5) is 5.69 Å². The molecule has 0 saturated carbocycles. The quantitative estimate of drug-likeness (QED) is 0.865. The van der Waals surface area contributed by atoms with Gasteiger partial charge in [-0.3, -0.25) is 4.79 Å². The lowest BCUT2D eigenvalue weighted by Crippen LogP contribution is -2.24. The highest BCUT2D eigenvalue weighted by molar-refractivity contribution is 6.24. The zero-order chi connectivity index (χ0) is 14.3. The molecule has 0 spiro atoms. The van der Waals surface area contributed by atoms with Crippen molar-refractivity contribution in [2.75, 3.05) is 11.4 Å². The van der Waals surface area contributed by atoms with Crippen LogP contribution < -0.4 is 4.90 Å².